The lowest BCUT2D eigenvalue weighted by Crippen LogP contribution is -2.48. The van der Waals surface area contributed by atoms with Crippen molar-refractivity contribution < 1.29 is 4.79 Å². The van der Waals surface area contributed by atoms with Gasteiger partial charge in [0.15, 0.2) is 0 Å². The summed E-state index contributed by atoms with van der Waals surface area (Å²) in [6.07, 6.45) is 1.73. The van der Waals surface area contributed by atoms with Gasteiger partial charge in [0.1, 0.15) is 6.54 Å². The van der Waals surface area contributed by atoms with Gasteiger partial charge in [-0.05, 0) is 14.0 Å². The van der Waals surface area contributed by atoms with E-state index in [2.05, 4.69) is 23.1 Å². The van der Waals surface area contributed by atoms with Crippen LogP contribution in [0.25, 0.3) is 0 Å². The number of aromatic nitrogens is 2. The molecule has 1 amide bonds. The normalized spacial score (nSPS) is 17.8. The third-order valence-corrected chi connectivity index (χ3v) is 2.85. The first-order valence-corrected chi connectivity index (χ1v) is 5.53. The Hall–Kier alpha value is -1.36. The summed E-state index contributed by atoms with van der Waals surface area (Å²) in [5.74, 6) is 0.143. The predicted octanol–water partition coefficient (Wildman–Crippen LogP) is -0.234. The van der Waals surface area contributed by atoms with Crippen molar-refractivity contribution >= 4 is 5.91 Å². The van der Waals surface area contributed by atoms with Crippen LogP contribution in [0.15, 0.2) is 6.20 Å². The van der Waals surface area contributed by atoms with Crippen molar-refractivity contribution in [3.05, 3.63) is 18.0 Å². The highest BCUT2D eigenvalue weighted by Gasteiger charge is 2.19. The maximum Gasteiger partial charge on any atom is 0.244 e. The molecule has 1 aliphatic heterocycles. The third-order valence-electron chi connectivity index (χ3n) is 2.85. The van der Waals surface area contributed by atoms with Crippen LogP contribution in [-0.2, 0) is 11.3 Å². The number of amides is 1. The predicted molar refractivity (Wildman–Crippen MR) is 59.9 cm³/mol. The van der Waals surface area contributed by atoms with Crippen LogP contribution in [-0.4, -0.2) is 58.7 Å². The Balaban J connectivity index is 1.88. The summed E-state index contributed by atoms with van der Waals surface area (Å²) in [6.45, 7) is 5.75. The average molecular weight is 221 g/mol. The molecule has 0 spiro atoms. The van der Waals surface area contributed by atoms with Gasteiger partial charge >= 0.3 is 0 Å². The van der Waals surface area contributed by atoms with Gasteiger partial charge in [-0.3, -0.25) is 9.48 Å². The Labute approximate surface area is 95.6 Å². The van der Waals surface area contributed by atoms with Crippen molar-refractivity contribution in [3.8, 4) is 0 Å². The number of hydrogen-bond acceptors (Lipinski definition) is 3. The zero-order valence-corrected chi connectivity index (χ0v) is 9.81. The lowest BCUT2D eigenvalue weighted by Gasteiger charge is -2.32. The largest absolute Gasteiger partial charge is 0.339 e. The second-order valence-electron chi connectivity index (χ2n) is 4.24. The van der Waals surface area contributed by atoms with E-state index in [1.165, 1.54) is 0 Å². The molecule has 0 aliphatic carbocycles. The van der Waals surface area contributed by atoms with Crippen LogP contribution in [0.4, 0.5) is 0 Å². The highest BCUT2D eigenvalue weighted by atomic mass is 16.2. The number of likely N-dealkylation sites (N-methyl/N-ethyl adjacent to an activating group) is 1. The zero-order chi connectivity index (χ0) is 11.5. The first-order chi connectivity index (χ1) is 7.65. The summed E-state index contributed by atoms with van der Waals surface area (Å²) in [7, 11) is 2.08. The first-order valence-electron chi connectivity index (χ1n) is 5.53. The Morgan fingerprint density at radius 1 is 1.44 bits per heavy atom. The van der Waals surface area contributed by atoms with Gasteiger partial charge in [0.2, 0.25) is 5.91 Å². The topological polar surface area (TPSA) is 41.4 Å². The van der Waals surface area contributed by atoms with E-state index in [4.69, 9.17) is 0 Å². The van der Waals surface area contributed by atoms with Gasteiger partial charge < -0.3 is 9.80 Å². The smallest absolute Gasteiger partial charge is 0.244 e. The van der Waals surface area contributed by atoms with E-state index in [0.29, 0.717) is 6.54 Å². The van der Waals surface area contributed by atoms with Crippen LogP contribution < -0.4 is 0 Å². The van der Waals surface area contributed by atoms with E-state index < -0.39 is 0 Å². The van der Waals surface area contributed by atoms with Gasteiger partial charge in [0.25, 0.3) is 0 Å². The fourth-order valence-corrected chi connectivity index (χ4v) is 1.79. The highest BCUT2D eigenvalue weighted by molar-refractivity contribution is 5.76. The molecule has 16 heavy (non-hydrogen) atoms. The quantitative estimate of drug-likeness (QED) is 0.692. The molecule has 1 radical (unpaired) electrons. The van der Waals surface area contributed by atoms with E-state index in [9.17, 15) is 4.79 Å². The molecule has 2 heterocycles. The third kappa shape index (κ3) is 2.61. The van der Waals surface area contributed by atoms with Crippen molar-refractivity contribution in [2.24, 2.45) is 0 Å². The Morgan fingerprint density at radius 3 is 2.69 bits per heavy atom. The Bertz CT molecular complexity index is 366. The van der Waals surface area contributed by atoms with Gasteiger partial charge in [0.05, 0.1) is 5.69 Å². The minimum absolute atomic E-state index is 0.143. The molecule has 0 N–H and O–H groups in total. The maximum atomic E-state index is 11.9. The van der Waals surface area contributed by atoms with E-state index in [1.807, 2.05) is 11.8 Å². The van der Waals surface area contributed by atoms with E-state index in [-0.39, 0.29) is 5.91 Å². The van der Waals surface area contributed by atoms with Gasteiger partial charge in [-0.15, -0.1) is 0 Å². The average Bonchev–Trinajstić information content (AvgIpc) is 2.65. The molecule has 5 nitrogen and oxygen atoms in total. The molecule has 1 saturated heterocycles. The molecule has 0 unspecified atom stereocenters. The van der Waals surface area contributed by atoms with Gasteiger partial charge in [-0.25, -0.2) is 0 Å². The first kappa shape index (κ1) is 11.1. The highest BCUT2D eigenvalue weighted by Crippen LogP contribution is 2.01. The fourth-order valence-electron chi connectivity index (χ4n) is 1.79. The number of carbonyl (C=O) groups excluding carboxylic acids is 1. The minimum atomic E-state index is 0.143. The van der Waals surface area contributed by atoms with Gasteiger partial charge in [-0.1, -0.05) is 0 Å². The summed E-state index contributed by atoms with van der Waals surface area (Å²) in [6, 6.07) is 2.96. The number of carbonyl (C=O) groups is 1. The molecule has 0 aromatic carbocycles. The number of rotatable bonds is 2. The van der Waals surface area contributed by atoms with Crippen LogP contribution in [0.5, 0.6) is 0 Å². The summed E-state index contributed by atoms with van der Waals surface area (Å²) >= 11 is 0. The number of aryl methyl sites for hydroxylation is 1. The molecule has 87 valence electrons. The molecule has 0 atom stereocenters. The van der Waals surface area contributed by atoms with Crippen LogP contribution in [0.1, 0.15) is 5.69 Å². The van der Waals surface area contributed by atoms with Crippen LogP contribution >= 0.6 is 0 Å². The van der Waals surface area contributed by atoms with Crippen LogP contribution in [0, 0.1) is 13.0 Å². The standard InChI is InChI=1S/C11H17N4O/c1-10-3-4-15(12-10)9-11(16)14-7-5-13(2)6-8-14/h4H,5-9H2,1-2H3. The monoisotopic (exact) mass is 221 g/mol. The van der Waals surface area contributed by atoms with E-state index in [0.717, 1.165) is 31.9 Å². The van der Waals surface area contributed by atoms with Crippen molar-refractivity contribution in [1.29, 1.82) is 0 Å². The van der Waals surface area contributed by atoms with Crippen molar-refractivity contribution in [2.45, 2.75) is 13.5 Å². The van der Waals surface area contributed by atoms with Crippen LogP contribution in [0.3, 0.4) is 0 Å². The lowest BCUT2D eigenvalue weighted by molar-refractivity contribution is -0.133. The molecule has 0 bridgehead atoms. The second-order valence-corrected chi connectivity index (χ2v) is 4.24. The van der Waals surface area contributed by atoms with Crippen molar-refractivity contribution in [1.82, 2.24) is 19.6 Å². The zero-order valence-electron chi connectivity index (χ0n) is 9.81. The molecular formula is C11H17N4O. The fraction of sp³-hybridized carbons (Fsp3) is 0.636. The Morgan fingerprint density at radius 2 is 2.12 bits per heavy atom. The summed E-state index contributed by atoms with van der Waals surface area (Å²) in [5.41, 5.74) is 0.825. The summed E-state index contributed by atoms with van der Waals surface area (Å²) < 4.78 is 1.65. The molecule has 1 aliphatic rings. The molecule has 1 aromatic rings. The summed E-state index contributed by atoms with van der Waals surface area (Å²) in [4.78, 5) is 16.0. The molecule has 0 saturated carbocycles. The second kappa shape index (κ2) is 4.65. The van der Waals surface area contributed by atoms with Crippen LogP contribution in [0.2, 0.25) is 0 Å². The van der Waals surface area contributed by atoms with Gasteiger partial charge in [0, 0.05) is 38.4 Å². The van der Waals surface area contributed by atoms with E-state index in [1.54, 1.807) is 10.9 Å². The molecule has 5 heteroatoms. The number of nitrogens with zero attached hydrogens (tertiary/aromatic N) is 4. The molecule has 1 aromatic heterocycles. The SMILES string of the molecule is Cc1[c]cn(CC(=O)N2CCN(C)CC2)n1. The Kier molecular flexibility index (Phi) is 3.24. The lowest BCUT2D eigenvalue weighted by atomic mass is 10.3. The molecule has 1 fully saturated rings. The van der Waals surface area contributed by atoms with E-state index >= 15 is 0 Å². The van der Waals surface area contributed by atoms with Crippen molar-refractivity contribution in [3.63, 3.8) is 0 Å². The number of piperazine rings is 1. The van der Waals surface area contributed by atoms with Crippen molar-refractivity contribution in [2.75, 3.05) is 33.2 Å². The maximum absolute atomic E-state index is 11.9. The van der Waals surface area contributed by atoms with Gasteiger partial charge in [-0.2, -0.15) is 5.10 Å². The molecule has 2 rings (SSSR count). The number of hydrogen-bond donors (Lipinski definition) is 0. The molecular weight excluding hydrogens is 204 g/mol. The minimum Gasteiger partial charge on any atom is -0.339 e. The summed E-state index contributed by atoms with van der Waals surface area (Å²) in [5, 5.41) is 4.16.